The number of hydrogen-bond donors (Lipinski definition) is 2. The molecule has 2 aromatic heterocycles. The highest BCUT2D eigenvalue weighted by Gasteiger charge is 2.22. The molecule has 0 amide bonds. The van der Waals surface area contributed by atoms with Crippen LogP contribution >= 0.6 is 22.9 Å². The molecule has 1 aliphatic carbocycles. The Balaban J connectivity index is 1.65. The minimum atomic E-state index is 0.360. The number of nitrogens with one attached hydrogen (secondary N) is 2. The van der Waals surface area contributed by atoms with Gasteiger partial charge in [-0.2, -0.15) is 0 Å². The summed E-state index contributed by atoms with van der Waals surface area (Å²) in [6, 6.07) is 8.78. The molecule has 2 heterocycles. The SMILES string of the molecule is Cc1nc2ccc(NC3CCCc4sc(Cl)cc43)cc2[nH]1. The first kappa shape index (κ1) is 13.2. The number of fused-ring (bicyclic) bond motifs is 2. The number of aromatic amines is 1. The monoisotopic (exact) mass is 317 g/mol. The second-order valence-corrected chi connectivity index (χ2v) is 7.34. The Morgan fingerprint density at radius 2 is 2.29 bits per heavy atom. The molecule has 0 fully saturated rings. The van der Waals surface area contributed by atoms with E-state index in [0.717, 1.165) is 39.7 Å². The van der Waals surface area contributed by atoms with Crippen LogP contribution in [0.5, 0.6) is 0 Å². The quantitative estimate of drug-likeness (QED) is 0.692. The zero-order valence-electron chi connectivity index (χ0n) is 11.7. The number of aryl methyl sites for hydroxylation is 2. The van der Waals surface area contributed by atoms with Crippen LogP contribution in [0.2, 0.25) is 4.34 Å². The van der Waals surface area contributed by atoms with Crippen LogP contribution in [0.15, 0.2) is 24.3 Å². The first-order valence-corrected chi connectivity index (χ1v) is 8.39. The molecule has 4 rings (SSSR count). The van der Waals surface area contributed by atoms with E-state index in [-0.39, 0.29) is 0 Å². The Kier molecular flexibility index (Phi) is 3.16. The summed E-state index contributed by atoms with van der Waals surface area (Å²) in [6.07, 6.45) is 3.52. The number of hydrogen-bond acceptors (Lipinski definition) is 3. The number of aromatic nitrogens is 2. The van der Waals surface area contributed by atoms with Crippen LogP contribution in [-0.4, -0.2) is 9.97 Å². The third kappa shape index (κ3) is 2.43. The first-order valence-electron chi connectivity index (χ1n) is 7.20. The summed E-state index contributed by atoms with van der Waals surface area (Å²) in [5.74, 6) is 0.951. The summed E-state index contributed by atoms with van der Waals surface area (Å²) in [7, 11) is 0. The van der Waals surface area contributed by atoms with Gasteiger partial charge in [0, 0.05) is 10.6 Å². The maximum Gasteiger partial charge on any atom is 0.104 e. The number of imidazole rings is 1. The topological polar surface area (TPSA) is 40.7 Å². The van der Waals surface area contributed by atoms with Crippen molar-refractivity contribution in [2.75, 3.05) is 5.32 Å². The minimum absolute atomic E-state index is 0.360. The summed E-state index contributed by atoms with van der Waals surface area (Å²) >= 11 is 7.90. The van der Waals surface area contributed by atoms with Gasteiger partial charge in [-0.25, -0.2) is 4.98 Å². The molecular weight excluding hydrogens is 302 g/mol. The molecule has 0 saturated carbocycles. The van der Waals surface area contributed by atoms with Gasteiger partial charge in [-0.15, -0.1) is 11.3 Å². The van der Waals surface area contributed by atoms with Crippen LogP contribution in [0.4, 0.5) is 5.69 Å². The molecule has 0 bridgehead atoms. The number of halogens is 1. The van der Waals surface area contributed by atoms with E-state index in [1.54, 1.807) is 11.3 Å². The molecule has 3 nitrogen and oxygen atoms in total. The predicted octanol–water partition coefficient (Wildman–Crippen LogP) is 5.08. The van der Waals surface area contributed by atoms with Gasteiger partial charge in [-0.1, -0.05) is 11.6 Å². The van der Waals surface area contributed by atoms with Gasteiger partial charge < -0.3 is 10.3 Å². The van der Waals surface area contributed by atoms with Crippen LogP contribution in [0.1, 0.15) is 35.1 Å². The van der Waals surface area contributed by atoms with Crippen molar-refractivity contribution in [3.05, 3.63) is 44.9 Å². The molecule has 3 aromatic rings. The molecule has 0 aliphatic heterocycles. The third-order valence-corrected chi connectivity index (χ3v) is 5.36. The second kappa shape index (κ2) is 5.04. The van der Waals surface area contributed by atoms with Gasteiger partial charge in [-0.3, -0.25) is 0 Å². The predicted molar refractivity (Wildman–Crippen MR) is 89.5 cm³/mol. The second-order valence-electron chi connectivity index (χ2n) is 5.57. The van der Waals surface area contributed by atoms with E-state index in [1.165, 1.54) is 16.9 Å². The van der Waals surface area contributed by atoms with Crippen molar-refractivity contribution in [1.29, 1.82) is 0 Å². The smallest absolute Gasteiger partial charge is 0.104 e. The van der Waals surface area contributed by atoms with Crippen LogP contribution in [-0.2, 0) is 6.42 Å². The molecule has 1 unspecified atom stereocenters. The van der Waals surface area contributed by atoms with Gasteiger partial charge in [-0.05, 0) is 56.0 Å². The Hall–Kier alpha value is -1.52. The van der Waals surface area contributed by atoms with Crippen molar-refractivity contribution in [2.45, 2.75) is 32.2 Å². The maximum atomic E-state index is 6.18. The summed E-state index contributed by atoms with van der Waals surface area (Å²) in [4.78, 5) is 9.16. The number of thiophene rings is 1. The molecule has 0 spiro atoms. The Morgan fingerprint density at radius 1 is 1.38 bits per heavy atom. The number of rotatable bonds is 2. The summed E-state index contributed by atoms with van der Waals surface area (Å²) in [5, 5.41) is 3.65. The van der Waals surface area contributed by atoms with Crippen LogP contribution in [0.25, 0.3) is 11.0 Å². The van der Waals surface area contributed by atoms with Crippen molar-refractivity contribution in [3.63, 3.8) is 0 Å². The molecule has 1 aromatic carbocycles. The summed E-state index contributed by atoms with van der Waals surface area (Å²) in [6.45, 7) is 1.98. The van der Waals surface area contributed by atoms with Crippen molar-refractivity contribution in [2.24, 2.45) is 0 Å². The normalized spacial score (nSPS) is 17.9. The fourth-order valence-corrected chi connectivity index (χ4v) is 4.48. The van der Waals surface area contributed by atoms with Crippen molar-refractivity contribution < 1.29 is 0 Å². The molecule has 21 heavy (non-hydrogen) atoms. The standard InChI is InChI=1S/C16H16ClN3S/c1-9-18-13-6-5-10(7-14(13)19-9)20-12-3-2-4-15-11(12)8-16(17)21-15/h5-8,12,20H,2-4H2,1H3,(H,18,19). The van der Waals surface area contributed by atoms with E-state index in [4.69, 9.17) is 11.6 Å². The minimum Gasteiger partial charge on any atom is -0.378 e. The molecule has 5 heteroatoms. The zero-order valence-corrected chi connectivity index (χ0v) is 13.3. The third-order valence-electron chi connectivity index (χ3n) is 4.02. The summed E-state index contributed by atoms with van der Waals surface area (Å²) in [5.41, 5.74) is 4.60. The largest absolute Gasteiger partial charge is 0.378 e. The van der Waals surface area contributed by atoms with E-state index in [1.807, 2.05) is 6.92 Å². The van der Waals surface area contributed by atoms with Crippen LogP contribution in [0.3, 0.4) is 0 Å². The number of benzene rings is 1. The van der Waals surface area contributed by atoms with Gasteiger partial charge in [0.15, 0.2) is 0 Å². The lowest BCUT2D eigenvalue weighted by Crippen LogP contribution is -2.15. The number of H-pyrrole nitrogens is 1. The van der Waals surface area contributed by atoms with Crippen molar-refractivity contribution in [1.82, 2.24) is 9.97 Å². The average Bonchev–Trinajstić information content (AvgIpc) is 2.99. The molecule has 1 atom stereocenters. The fraction of sp³-hybridized carbons (Fsp3) is 0.312. The highest BCUT2D eigenvalue weighted by molar-refractivity contribution is 7.16. The highest BCUT2D eigenvalue weighted by Crippen LogP contribution is 2.39. The van der Waals surface area contributed by atoms with Crippen LogP contribution < -0.4 is 5.32 Å². The van der Waals surface area contributed by atoms with Gasteiger partial charge in [0.25, 0.3) is 0 Å². The molecule has 1 aliphatic rings. The molecule has 108 valence electrons. The van der Waals surface area contributed by atoms with E-state index in [0.29, 0.717) is 6.04 Å². The zero-order chi connectivity index (χ0) is 14.4. The summed E-state index contributed by atoms with van der Waals surface area (Å²) < 4.78 is 0.897. The molecular formula is C16H16ClN3S. The molecule has 2 N–H and O–H groups in total. The highest BCUT2D eigenvalue weighted by atomic mass is 35.5. The van der Waals surface area contributed by atoms with E-state index < -0.39 is 0 Å². The van der Waals surface area contributed by atoms with Gasteiger partial charge in [0.05, 0.1) is 21.4 Å². The number of nitrogens with zero attached hydrogens (tertiary/aromatic N) is 1. The Bertz CT molecular complexity index is 805. The van der Waals surface area contributed by atoms with Crippen LogP contribution in [0, 0.1) is 6.92 Å². The Morgan fingerprint density at radius 3 is 3.19 bits per heavy atom. The number of anilines is 1. The molecule has 0 saturated heterocycles. The first-order chi connectivity index (χ1) is 10.2. The lowest BCUT2D eigenvalue weighted by molar-refractivity contribution is 0.609. The van der Waals surface area contributed by atoms with E-state index in [9.17, 15) is 0 Å². The molecule has 0 radical (unpaired) electrons. The van der Waals surface area contributed by atoms with E-state index >= 15 is 0 Å². The van der Waals surface area contributed by atoms with Gasteiger partial charge in [0.2, 0.25) is 0 Å². The van der Waals surface area contributed by atoms with Gasteiger partial charge in [0.1, 0.15) is 5.82 Å². The van der Waals surface area contributed by atoms with E-state index in [2.05, 4.69) is 39.6 Å². The van der Waals surface area contributed by atoms with Crippen molar-refractivity contribution >= 4 is 39.7 Å². The van der Waals surface area contributed by atoms with Crippen molar-refractivity contribution in [3.8, 4) is 0 Å². The Labute approximate surface area is 132 Å². The fourth-order valence-electron chi connectivity index (χ4n) is 3.10. The lowest BCUT2D eigenvalue weighted by Gasteiger charge is -2.24. The lowest BCUT2D eigenvalue weighted by atomic mass is 9.94. The average molecular weight is 318 g/mol. The van der Waals surface area contributed by atoms with Gasteiger partial charge >= 0.3 is 0 Å². The maximum absolute atomic E-state index is 6.18.